The van der Waals surface area contributed by atoms with Gasteiger partial charge < -0.3 is 0 Å². The quantitative estimate of drug-likeness (QED) is 0.325. The van der Waals surface area contributed by atoms with Gasteiger partial charge in [-0.3, -0.25) is 14.5 Å². The van der Waals surface area contributed by atoms with Crippen LogP contribution in [-0.2, 0) is 0 Å². The second-order valence-electron chi connectivity index (χ2n) is 1.81. The van der Waals surface area contributed by atoms with Gasteiger partial charge in [0.1, 0.15) is 0 Å². The fraction of sp³-hybridized carbons (Fsp3) is 1.00. The first-order chi connectivity index (χ1) is 4.27. The van der Waals surface area contributed by atoms with Crippen LogP contribution >= 0.6 is 0 Å². The molecule has 0 aromatic heterocycles. The van der Waals surface area contributed by atoms with E-state index in [1.165, 1.54) is 0 Å². The van der Waals surface area contributed by atoms with E-state index in [0.29, 0.717) is 19.3 Å². The molecule has 0 amide bonds. The third-order valence-corrected chi connectivity index (χ3v) is 0.974. The van der Waals surface area contributed by atoms with Crippen LogP contribution in [0.3, 0.4) is 0 Å². The van der Waals surface area contributed by atoms with Crippen molar-refractivity contribution in [2.45, 2.75) is 19.3 Å². The van der Waals surface area contributed by atoms with Crippen LogP contribution in [0.15, 0.2) is 0 Å². The number of hydrogen-bond acceptors (Lipinski definition) is 2. The normalized spacial score (nSPS) is 9.44. The van der Waals surface area contributed by atoms with Crippen LogP contribution < -0.4 is 0 Å². The van der Waals surface area contributed by atoms with Gasteiger partial charge in [-0.25, -0.2) is 0 Å². The minimum atomic E-state index is -0.377. The molecule has 0 aliphatic rings. The summed E-state index contributed by atoms with van der Waals surface area (Å²) in [5.74, 6) is 0. The van der Waals surface area contributed by atoms with Crippen LogP contribution in [0.25, 0.3) is 0 Å². The summed E-state index contributed by atoms with van der Waals surface area (Å²) in [5, 5.41) is 9.67. The molecule has 0 saturated carbocycles. The molecule has 0 aromatic carbocycles. The molecule has 0 aliphatic heterocycles. The Kier molecular flexibility index (Phi) is 5.06. The Morgan fingerprint density at radius 3 is 2.44 bits per heavy atom. The molecule has 0 fully saturated rings. The number of hydrogen-bond donors (Lipinski definition) is 0. The lowest BCUT2D eigenvalue weighted by atomic mass is 10.2. The number of nitro groups is 1. The Morgan fingerprint density at radius 2 is 2.00 bits per heavy atom. The lowest BCUT2D eigenvalue weighted by Crippen LogP contribution is -1.99. The Bertz CT molecular complexity index is 87.0. The maximum atomic E-state index is 11.3. The van der Waals surface area contributed by atoms with Crippen molar-refractivity contribution in [3.05, 3.63) is 10.1 Å². The molecular weight excluding hydrogens is 125 g/mol. The second kappa shape index (κ2) is 5.47. The highest BCUT2D eigenvalue weighted by Gasteiger charge is 1.94. The van der Waals surface area contributed by atoms with Crippen LogP contribution in [0.4, 0.5) is 4.39 Å². The van der Waals surface area contributed by atoms with E-state index >= 15 is 0 Å². The Balaban J connectivity index is 2.83. The van der Waals surface area contributed by atoms with Crippen molar-refractivity contribution in [3.63, 3.8) is 0 Å². The van der Waals surface area contributed by atoms with E-state index in [1.54, 1.807) is 0 Å². The molecule has 4 heteroatoms. The Hall–Kier alpha value is -0.670. The smallest absolute Gasteiger partial charge is 0.203 e. The van der Waals surface area contributed by atoms with Crippen molar-refractivity contribution in [3.8, 4) is 0 Å². The standard InChI is InChI=1S/C5H10FNO2/c6-4-2-1-3-5-7(8)9/h1-5H2. The van der Waals surface area contributed by atoms with Gasteiger partial charge >= 0.3 is 0 Å². The molecule has 0 atom stereocenters. The highest BCUT2D eigenvalue weighted by atomic mass is 19.1. The molecule has 9 heavy (non-hydrogen) atoms. The maximum Gasteiger partial charge on any atom is 0.203 e. The van der Waals surface area contributed by atoms with E-state index in [9.17, 15) is 14.5 Å². The first-order valence-corrected chi connectivity index (χ1v) is 2.95. The Morgan fingerprint density at radius 1 is 1.33 bits per heavy atom. The van der Waals surface area contributed by atoms with Crippen LogP contribution in [-0.4, -0.2) is 18.1 Å². The van der Waals surface area contributed by atoms with Crippen LogP contribution in [0.1, 0.15) is 19.3 Å². The van der Waals surface area contributed by atoms with Crippen molar-refractivity contribution in [2.75, 3.05) is 13.2 Å². The first-order valence-electron chi connectivity index (χ1n) is 2.95. The van der Waals surface area contributed by atoms with E-state index in [2.05, 4.69) is 0 Å². The molecule has 0 N–H and O–H groups in total. The van der Waals surface area contributed by atoms with E-state index in [1.807, 2.05) is 0 Å². The molecular formula is C5H10FNO2. The zero-order valence-electron chi connectivity index (χ0n) is 5.18. The summed E-state index contributed by atoms with van der Waals surface area (Å²) in [6, 6.07) is 0. The first kappa shape index (κ1) is 8.33. The zero-order valence-corrected chi connectivity index (χ0v) is 5.18. The van der Waals surface area contributed by atoms with Gasteiger partial charge in [0.15, 0.2) is 0 Å². The topological polar surface area (TPSA) is 43.1 Å². The molecule has 54 valence electrons. The van der Waals surface area contributed by atoms with Gasteiger partial charge in [-0.15, -0.1) is 0 Å². The summed E-state index contributed by atoms with van der Waals surface area (Å²) < 4.78 is 11.3. The lowest BCUT2D eigenvalue weighted by Gasteiger charge is -1.90. The fourth-order valence-electron chi connectivity index (χ4n) is 0.512. The molecule has 0 rings (SSSR count). The van der Waals surface area contributed by atoms with Gasteiger partial charge in [0, 0.05) is 11.3 Å². The van der Waals surface area contributed by atoms with E-state index in [0.717, 1.165) is 0 Å². The molecule has 0 spiro atoms. The minimum Gasteiger partial charge on any atom is -0.265 e. The number of unbranched alkanes of at least 4 members (excludes halogenated alkanes) is 2. The summed E-state index contributed by atoms with van der Waals surface area (Å²) in [7, 11) is 0. The summed E-state index contributed by atoms with van der Waals surface area (Å²) in [6.07, 6.45) is 1.57. The van der Waals surface area contributed by atoms with Crippen molar-refractivity contribution in [2.24, 2.45) is 0 Å². The van der Waals surface area contributed by atoms with Gasteiger partial charge in [0.05, 0.1) is 6.67 Å². The molecule has 3 nitrogen and oxygen atoms in total. The monoisotopic (exact) mass is 135 g/mol. The number of rotatable bonds is 5. The molecule has 0 bridgehead atoms. The van der Waals surface area contributed by atoms with Gasteiger partial charge in [-0.05, 0) is 12.8 Å². The molecule has 0 aliphatic carbocycles. The molecule has 0 heterocycles. The van der Waals surface area contributed by atoms with E-state index in [-0.39, 0.29) is 18.1 Å². The van der Waals surface area contributed by atoms with Crippen LogP contribution in [0, 0.1) is 10.1 Å². The average molecular weight is 135 g/mol. The molecule has 0 saturated heterocycles. The average Bonchev–Trinajstić information content (AvgIpc) is 1.80. The van der Waals surface area contributed by atoms with E-state index in [4.69, 9.17) is 0 Å². The van der Waals surface area contributed by atoms with Crippen molar-refractivity contribution in [1.82, 2.24) is 0 Å². The summed E-state index contributed by atoms with van der Waals surface area (Å²) in [6.45, 7) is -0.391. The largest absolute Gasteiger partial charge is 0.265 e. The predicted molar refractivity (Wildman–Crippen MR) is 31.7 cm³/mol. The van der Waals surface area contributed by atoms with Gasteiger partial charge in [0.2, 0.25) is 6.54 Å². The molecule has 0 aromatic rings. The van der Waals surface area contributed by atoms with Crippen molar-refractivity contribution < 1.29 is 9.31 Å². The highest BCUT2D eigenvalue weighted by molar-refractivity contribution is 4.37. The SMILES string of the molecule is O=[N+]([O-])CCCCCF. The fourth-order valence-corrected chi connectivity index (χ4v) is 0.512. The van der Waals surface area contributed by atoms with Crippen molar-refractivity contribution >= 4 is 0 Å². The van der Waals surface area contributed by atoms with Gasteiger partial charge in [0.25, 0.3) is 0 Å². The predicted octanol–water partition coefficient (Wildman–Crippen LogP) is 1.40. The summed E-state index contributed by atoms with van der Waals surface area (Å²) in [4.78, 5) is 9.30. The number of alkyl halides is 1. The minimum absolute atomic E-state index is 0.0278. The third-order valence-electron chi connectivity index (χ3n) is 0.974. The zero-order chi connectivity index (χ0) is 7.11. The number of nitrogens with zero attached hydrogens (tertiary/aromatic N) is 1. The highest BCUT2D eigenvalue weighted by Crippen LogP contribution is 1.94. The summed E-state index contributed by atoms with van der Waals surface area (Å²) >= 11 is 0. The van der Waals surface area contributed by atoms with E-state index < -0.39 is 0 Å². The van der Waals surface area contributed by atoms with Gasteiger partial charge in [-0.2, -0.15) is 0 Å². The lowest BCUT2D eigenvalue weighted by molar-refractivity contribution is -0.480. The summed E-state index contributed by atoms with van der Waals surface area (Å²) in [5.41, 5.74) is 0. The Labute approximate surface area is 53.0 Å². The van der Waals surface area contributed by atoms with Crippen LogP contribution in [0.2, 0.25) is 0 Å². The van der Waals surface area contributed by atoms with Crippen LogP contribution in [0.5, 0.6) is 0 Å². The van der Waals surface area contributed by atoms with Crippen molar-refractivity contribution in [1.29, 1.82) is 0 Å². The second-order valence-corrected chi connectivity index (χ2v) is 1.81. The molecule has 0 unspecified atom stereocenters. The maximum absolute atomic E-state index is 11.3. The molecule has 0 radical (unpaired) electrons. The van der Waals surface area contributed by atoms with Gasteiger partial charge in [-0.1, -0.05) is 0 Å². The third kappa shape index (κ3) is 7.33. The number of halogens is 1.